The van der Waals surface area contributed by atoms with E-state index in [0.717, 1.165) is 0 Å². The normalized spacial score (nSPS) is 17.3. The monoisotopic (exact) mass is 195 g/mol. The summed E-state index contributed by atoms with van der Waals surface area (Å²) in [4.78, 5) is 11.2. The number of hydrogen-bond acceptors (Lipinski definition) is 3. The molecule has 66 valence electrons. The van der Waals surface area contributed by atoms with E-state index in [9.17, 15) is 4.79 Å². The van der Waals surface area contributed by atoms with Crippen molar-refractivity contribution >= 4 is 28.9 Å². The van der Waals surface area contributed by atoms with Crippen LogP contribution < -0.4 is 11.2 Å². The van der Waals surface area contributed by atoms with Crippen LogP contribution in [0.4, 0.5) is 5.69 Å². The average molecular weight is 196 g/mol. The lowest BCUT2D eigenvalue weighted by atomic mass is 10.1. The highest BCUT2D eigenvalue weighted by molar-refractivity contribution is 6.54. The Morgan fingerprint density at radius 3 is 2.92 bits per heavy atom. The molecular formula is C8H6ClN3O. The molecule has 1 aliphatic heterocycles. The summed E-state index contributed by atoms with van der Waals surface area (Å²) in [7, 11) is 0. The molecule has 1 aliphatic rings. The minimum absolute atomic E-state index is 0.242. The van der Waals surface area contributed by atoms with E-state index < -0.39 is 0 Å². The number of amides is 1. The molecule has 0 spiro atoms. The van der Waals surface area contributed by atoms with Crippen molar-refractivity contribution in [3.8, 4) is 0 Å². The molecule has 13 heavy (non-hydrogen) atoms. The summed E-state index contributed by atoms with van der Waals surface area (Å²) in [6, 6.07) is 5.06. The number of rotatable bonds is 0. The van der Waals surface area contributed by atoms with Crippen molar-refractivity contribution in [2.45, 2.75) is 0 Å². The number of halogens is 1. The van der Waals surface area contributed by atoms with Crippen LogP contribution in [0.3, 0.4) is 0 Å². The first-order valence-electron chi connectivity index (χ1n) is 3.61. The first-order chi connectivity index (χ1) is 6.22. The summed E-state index contributed by atoms with van der Waals surface area (Å²) < 4.78 is 0. The van der Waals surface area contributed by atoms with Gasteiger partial charge in [0.2, 0.25) is 0 Å². The maximum absolute atomic E-state index is 11.2. The van der Waals surface area contributed by atoms with Crippen LogP contribution in [0.5, 0.6) is 0 Å². The van der Waals surface area contributed by atoms with Crippen LogP contribution in [0.1, 0.15) is 5.56 Å². The van der Waals surface area contributed by atoms with Crippen molar-refractivity contribution < 1.29 is 4.79 Å². The molecule has 0 aromatic heterocycles. The third-order valence-electron chi connectivity index (χ3n) is 1.83. The van der Waals surface area contributed by atoms with Crippen molar-refractivity contribution in [3.05, 3.63) is 28.8 Å². The molecule has 3 N–H and O–H groups in total. The summed E-state index contributed by atoms with van der Waals surface area (Å²) in [5.74, 6) is 4.78. The van der Waals surface area contributed by atoms with Gasteiger partial charge in [-0.1, -0.05) is 11.6 Å². The number of benzene rings is 1. The van der Waals surface area contributed by atoms with E-state index in [1.807, 2.05) is 0 Å². The van der Waals surface area contributed by atoms with Gasteiger partial charge in [0, 0.05) is 10.6 Å². The number of nitrogens with zero attached hydrogens (tertiary/aromatic N) is 1. The van der Waals surface area contributed by atoms with E-state index in [0.29, 0.717) is 16.3 Å². The second-order valence-corrected chi connectivity index (χ2v) is 3.06. The minimum Gasteiger partial charge on any atom is -0.322 e. The van der Waals surface area contributed by atoms with Crippen molar-refractivity contribution in [1.29, 1.82) is 0 Å². The zero-order chi connectivity index (χ0) is 9.42. The fraction of sp³-hybridized carbons (Fsp3) is 0. The molecule has 0 saturated carbocycles. The van der Waals surface area contributed by atoms with Gasteiger partial charge in [-0.3, -0.25) is 4.79 Å². The second-order valence-electron chi connectivity index (χ2n) is 2.62. The van der Waals surface area contributed by atoms with Crippen molar-refractivity contribution in [1.82, 2.24) is 0 Å². The molecule has 2 rings (SSSR count). The number of hydrogen-bond donors (Lipinski definition) is 2. The number of carbonyl (C=O) groups is 1. The topological polar surface area (TPSA) is 67.5 Å². The molecule has 0 saturated heterocycles. The summed E-state index contributed by atoms with van der Waals surface area (Å²) in [5, 5.41) is 6.57. The van der Waals surface area contributed by atoms with E-state index in [1.165, 1.54) is 0 Å². The third kappa shape index (κ3) is 1.15. The maximum atomic E-state index is 11.2. The van der Waals surface area contributed by atoms with Gasteiger partial charge in [0.25, 0.3) is 5.91 Å². The van der Waals surface area contributed by atoms with Crippen LogP contribution in [0.2, 0.25) is 5.02 Å². The van der Waals surface area contributed by atoms with Gasteiger partial charge in [-0.15, -0.1) is 0 Å². The van der Waals surface area contributed by atoms with Crippen LogP contribution in [0.15, 0.2) is 23.3 Å². The van der Waals surface area contributed by atoms with Gasteiger partial charge in [0.1, 0.15) is 0 Å². The number of anilines is 1. The van der Waals surface area contributed by atoms with Gasteiger partial charge in [0.05, 0.1) is 5.69 Å². The molecule has 5 heteroatoms. The predicted molar refractivity (Wildman–Crippen MR) is 50.8 cm³/mol. The Bertz CT molecular complexity index is 414. The highest BCUT2D eigenvalue weighted by atomic mass is 35.5. The first-order valence-corrected chi connectivity index (χ1v) is 3.99. The smallest absolute Gasteiger partial charge is 0.276 e. The fourth-order valence-corrected chi connectivity index (χ4v) is 1.43. The molecule has 1 aromatic rings. The van der Waals surface area contributed by atoms with Crippen LogP contribution in [-0.2, 0) is 4.79 Å². The van der Waals surface area contributed by atoms with E-state index in [4.69, 9.17) is 17.4 Å². The lowest BCUT2D eigenvalue weighted by Gasteiger charge is -1.96. The molecule has 1 amide bonds. The molecule has 0 unspecified atom stereocenters. The Kier molecular flexibility index (Phi) is 1.70. The third-order valence-corrected chi connectivity index (χ3v) is 2.06. The number of carbonyl (C=O) groups excluding carboxylic acids is 1. The van der Waals surface area contributed by atoms with Crippen LogP contribution in [-0.4, -0.2) is 11.6 Å². The van der Waals surface area contributed by atoms with Crippen molar-refractivity contribution in [3.63, 3.8) is 0 Å². The standard InChI is InChI=1S/C8H6ClN3O/c9-4-1-2-5-6(3-4)11-8(13)7(5)12-10/h1-3H,10H2,(H,11,12,13). The molecule has 0 bridgehead atoms. The lowest BCUT2D eigenvalue weighted by Crippen LogP contribution is -2.15. The summed E-state index contributed by atoms with van der Waals surface area (Å²) in [6.07, 6.45) is 0. The summed E-state index contributed by atoms with van der Waals surface area (Å²) >= 11 is 5.74. The Labute approximate surface area is 79.4 Å². The number of nitrogens with one attached hydrogen (secondary N) is 1. The fourth-order valence-electron chi connectivity index (χ4n) is 1.26. The van der Waals surface area contributed by atoms with E-state index >= 15 is 0 Å². The maximum Gasteiger partial charge on any atom is 0.276 e. The quantitative estimate of drug-likeness (QED) is 0.478. The van der Waals surface area contributed by atoms with Gasteiger partial charge < -0.3 is 11.2 Å². The molecule has 0 atom stereocenters. The predicted octanol–water partition coefficient (Wildman–Crippen LogP) is 0.955. The number of hydrazone groups is 1. The molecule has 0 radical (unpaired) electrons. The van der Waals surface area contributed by atoms with Gasteiger partial charge in [-0.25, -0.2) is 0 Å². The first kappa shape index (κ1) is 8.07. The van der Waals surface area contributed by atoms with Gasteiger partial charge in [-0.05, 0) is 18.2 Å². The molecule has 0 aliphatic carbocycles. The van der Waals surface area contributed by atoms with Crippen LogP contribution in [0, 0.1) is 0 Å². The summed E-state index contributed by atoms with van der Waals surface area (Å²) in [5.41, 5.74) is 1.59. The SMILES string of the molecule is N/N=C1\C(=O)Nc2cc(Cl)ccc21. The summed E-state index contributed by atoms with van der Waals surface area (Å²) in [6.45, 7) is 0. The van der Waals surface area contributed by atoms with E-state index in [2.05, 4.69) is 10.4 Å². The Hall–Kier alpha value is -1.55. The Morgan fingerprint density at radius 1 is 1.46 bits per heavy atom. The van der Waals surface area contributed by atoms with Gasteiger partial charge >= 0.3 is 0 Å². The van der Waals surface area contributed by atoms with E-state index in [-0.39, 0.29) is 11.6 Å². The van der Waals surface area contributed by atoms with Gasteiger partial charge in [-0.2, -0.15) is 5.10 Å². The van der Waals surface area contributed by atoms with Gasteiger partial charge in [0.15, 0.2) is 5.71 Å². The highest BCUT2D eigenvalue weighted by Gasteiger charge is 2.25. The van der Waals surface area contributed by atoms with Crippen LogP contribution in [0.25, 0.3) is 0 Å². The van der Waals surface area contributed by atoms with Crippen LogP contribution >= 0.6 is 11.6 Å². The molecule has 0 fully saturated rings. The van der Waals surface area contributed by atoms with E-state index in [1.54, 1.807) is 18.2 Å². The lowest BCUT2D eigenvalue weighted by molar-refractivity contribution is -0.110. The molecular weight excluding hydrogens is 190 g/mol. The number of fused-ring (bicyclic) bond motifs is 1. The molecule has 1 aromatic carbocycles. The molecule has 4 nitrogen and oxygen atoms in total. The van der Waals surface area contributed by atoms with Crippen molar-refractivity contribution in [2.75, 3.05) is 5.32 Å². The minimum atomic E-state index is -0.292. The Morgan fingerprint density at radius 2 is 2.23 bits per heavy atom. The number of nitrogens with two attached hydrogens (primary N) is 1. The highest BCUT2D eigenvalue weighted by Crippen LogP contribution is 2.26. The zero-order valence-electron chi connectivity index (χ0n) is 6.54. The zero-order valence-corrected chi connectivity index (χ0v) is 7.30. The molecule has 1 heterocycles. The second kappa shape index (κ2) is 2.74. The Balaban J connectivity index is 2.61. The average Bonchev–Trinajstić information content (AvgIpc) is 2.39. The van der Waals surface area contributed by atoms with Crippen molar-refractivity contribution in [2.24, 2.45) is 10.9 Å². The largest absolute Gasteiger partial charge is 0.322 e.